The summed E-state index contributed by atoms with van der Waals surface area (Å²) in [6.07, 6.45) is 1.11. The van der Waals surface area contributed by atoms with Crippen molar-refractivity contribution in [3.63, 3.8) is 0 Å². The van der Waals surface area contributed by atoms with Crippen LogP contribution in [0.2, 0.25) is 0 Å². The Hall–Kier alpha value is -2.36. The quantitative estimate of drug-likeness (QED) is 0.460. The number of carbonyl (C=O) groups excluding carboxylic acids is 1. The van der Waals surface area contributed by atoms with E-state index >= 15 is 0 Å². The van der Waals surface area contributed by atoms with Gasteiger partial charge in [0.1, 0.15) is 12.2 Å². The second-order valence-electron chi connectivity index (χ2n) is 3.44. The van der Waals surface area contributed by atoms with Gasteiger partial charge in [-0.05, 0) is 23.8 Å². The predicted molar refractivity (Wildman–Crippen MR) is 62.5 cm³/mol. The van der Waals surface area contributed by atoms with Gasteiger partial charge in [0.25, 0.3) is 0 Å². The highest BCUT2D eigenvalue weighted by Crippen LogP contribution is 2.14. The molecule has 0 amide bonds. The molecule has 0 fully saturated rings. The van der Waals surface area contributed by atoms with E-state index in [9.17, 15) is 9.59 Å². The Kier molecular flexibility index (Phi) is 3.05. The normalized spacial score (nSPS) is 10.1. The Labute approximate surface area is 97.1 Å². The summed E-state index contributed by atoms with van der Waals surface area (Å²) < 4.78 is 9.88. The monoisotopic (exact) mass is 230 g/mol. The Bertz CT molecular complexity index is 625. The average molecular weight is 230 g/mol. The summed E-state index contributed by atoms with van der Waals surface area (Å²) in [6, 6.07) is 8.23. The van der Waals surface area contributed by atoms with E-state index in [1.165, 1.54) is 6.07 Å². The molecule has 0 N–H and O–H groups in total. The van der Waals surface area contributed by atoms with Crippen molar-refractivity contribution in [2.24, 2.45) is 0 Å². The number of esters is 1. The van der Waals surface area contributed by atoms with Gasteiger partial charge in [0.05, 0.1) is 0 Å². The van der Waals surface area contributed by atoms with E-state index in [0.717, 1.165) is 17.0 Å². The summed E-state index contributed by atoms with van der Waals surface area (Å²) in [6.45, 7) is 3.47. The first-order valence-corrected chi connectivity index (χ1v) is 5.01. The largest absolute Gasteiger partial charge is 0.458 e. The number of ether oxygens (including phenoxy) is 1. The molecular formula is C13H10O4. The van der Waals surface area contributed by atoms with E-state index in [1.807, 2.05) is 0 Å². The zero-order chi connectivity index (χ0) is 12.3. The van der Waals surface area contributed by atoms with Gasteiger partial charge >= 0.3 is 11.6 Å². The fourth-order valence-electron chi connectivity index (χ4n) is 1.42. The van der Waals surface area contributed by atoms with E-state index in [4.69, 9.17) is 9.15 Å². The number of carbonyl (C=O) groups is 1. The SMILES string of the molecule is C=CC(=O)OCc1ccc2oc(=O)ccc2c1. The molecule has 4 heteroatoms. The van der Waals surface area contributed by atoms with Crippen LogP contribution in [0.5, 0.6) is 0 Å². The molecule has 0 radical (unpaired) electrons. The van der Waals surface area contributed by atoms with Crippen LogP contribution in [0.25, 0.3) is 11.0 Å². The van der Waals surface area contributed by atoms with Crippen molar-refractivity contribution in [1.29, 1.82) is 0 Å². The van der Waals surface area contributed by atoms with Crippen molar-refractivity contribution >= 4 is 16.9 Å². The van der Waals surface area contributed by atoms with Crippen LogP contribution < -0.4 is 5.63 Å². The van der Waals surface area contributed by atoms with Crippen molar-refractivity contribution in [3.05, 3.63) is 59.0 Å². The fraction of sp³-hybridized carbons (Fsp3) is 0.0769. The molecule has 2 rings (SSSR count). The number of hydrogen-bond acceptors (Lipinski definition) is 4. The summed E-state index contributed by atoms with van der Waals surface area (Å²) >= 11 is 0. The molecule has 17 heavy (non-hydrogen) atoms. The standard InChI is InChI=1S/C13H10O4/c1-2-12(14)16-8-9-3-5-11-10(7-9)4-6-13(15)17-11/h2-7H,1,8H2. The Balaban J connectivity index is 2.26. The van der Waals surface area contributed by atoms with E-state index < -0.39 is 5.97 Å². The van der Waals surface area contributed by atoms with E-state index in [2.05, 4.69) is 6.58 Å². The molecule has 1 heterocycles. The lowest BCUT2D eigenvalue weighted by Crippen LogP contribution is -2.00. The molecule has 1 aromatic heterocycles. The Morgan fingerprint density at radius 3 is 2.94 bits per heavy atom. The number of hydrogen-bond donors (Lipinski definition) is 0. The smallest absolute Gasteiger partial charge is 0.336 e. The molecule has 0 aliphatic carbocycles. The first-order valence-electron chi connectivity index (χ1n) is 5.01. The minimum atomic E-state index is -0.468. The van der Waals surface area contributed by atoms with Gasteiger partial charge in [-0.1, -0.05) is 12.6 Å². The molecule has 2 aromatic rings. The van der Waals surface area contributed by atoms with Crippen LogP contribution in [0.1, 0.15) is 5.56 Å². The maximum atomic E-state index is 11.0. The third-order valence-corrected chi connectivity index (χ3v) is 2.23. The summed E-state index contributed by atoms with van der Waals surface area (Å²) in [5.41, 5.74) is 0.946. The molecule has 4 nitrogen and oxygen atoms in total. The van der Waals surface area contributed by atoms with Gasteiger partial charge in [-0.3, -0.25) is 0 Å². The van der Waals surface area contributed by atoms with Gasteiger partial charge in [0.2, 0.25) is 0 Å². The summed E-state index contributed by atoms with van der Waals surface area (Å²) in [7, 11) is 0. The molecule has 0 aliphatic heterocycles. The Morgan fingerprint density at radius 1 is 1.35 bits per heavy atom. The number of benzene rings is 1. The number of rotatable bonds is 3. The van der Waals surface area contributed by atoms with Crippen LogP contribution in [0.4, 0.5) is 0 Å². The molecule has 0 unspecified atom stereocenters. The van der Waals surface area contributed by atoms with Crippen LogP contribution in [0.3, 0.4) is 0 Å². The zero-order valence-corrected chi connectivity index (χ0v) is 9.01. The fourth-order valence-corrected chi connectivity index (χ4v) is 1.42. The second kappa shape index (κ2) is 4.65. The molecule has 86 valence electrons. The van der Waals surface area contributed by atoms with Crippen LogP contribution >= 0.6 is 0 Å². The van der Waals surface area contributed by atoms with E-state index in [-0.39, 0.29) is 12.2 Å². The van der Waals surface area contributed by atoms with Gasteiger partial charge in [0.15, 0.2) is 0 Å². The van der Waals surface area contributed by atoms with Crippen molar-refractivity contribution in [2.75, 3.05) is 0 Å². The number of fused-ring (bicyclic) bond motifs is 1. The van der Waals surface area contributed by atoms with Crippen LogP contribution in [-0.4, -0.2) is 5.97 Å². The van der Waals surface area contributed by atoms with Crippen LogP contribution in [0, 0.1) is 0 Å². The minimum absolute atomic E-state index is 0.167. The molecule has 0 spiro atoms. The maximum Gasteiger partial charge on any atom is 0.336 e. The van der Waals surface area contributed by atoms with Crippen LogP contribution in [-0.2, 0) is 16.1 Å². The van der Waals surface area contributed by atoms with Gasteiger partial charge in [0, 0.05) is 17.5 Å². The van der Waals surface area contributed by atoms with Crippen molar-refractivity contribution in [3.8, 4) is 0 Å². The minimum Gasteiger partial charge on any atom is -0.458 e. The third-order valence-electron chi connectivity index (χ3n) is 2.23. The molecule has 0 atom stereocenters. The lowest BCUT2D eigenvalue weighted by Gasteiger charge is -2.03. The second-order valence-corrected chi connectivity index (χ2v) is 3.44. The van der Waals surface area contributed by atoms with E-state index in [0.29, 0.717) is 5.58 Å². The first kappa shape index (κ1) is 11.1. The molecule has 0 saturated heterocycles. The highest BCUT2D eigenvalue weighted by Gasteiger charge is 2.01. The average Bonchev–Trinajstić information content (AvgIpc) is 2.35. The predicted octanol–water partition coefficient (Wildman–Crippen LogP) is 2.02. The molecule has 0 saturated carbocycles. The first-order chi connectivity index (χ1) is 8.19. The van der Waals surface area contributed by atoms with Gasteiger partial charge in [-0.2, -0.15) is 0 Å². The molecular weight excluding hydrogens is 220 g/mol. The van der Waals surface area contributed by atoms with Crippen molar-refractivity contribution < 1.29 is 13.9 Å². The highest BCUT2D eigenvalue weighted by molar-refractivity contribution is 5.81. The summed E-state index contributed by atoms with van der Waals surface area (Å²) in [4.78, 5) is 21.9. The van der Waals surface area contributed by atoms with E-state index in [1.54, 1.807) is 24.3 Å². The molecule has 1 aromatic carbocycles. The maximum absolute atomic E-state index is 11.0. The lowest BCUT2D eigenvalue weighted by atomic mass is 10.1. The van der Waals surface area contributed by atoms with Crippen molar-refractivity contribution in [1.82, 2.24) is 0 Å². The van der Waals surface area contributed by atoms with Gasteiger partial charge < -0.3 is 9.15 Å². The Morgan fingerprint density at radius 2 is 2.18 bits per heavy atom. The highest BCUT2D eigenvalue weighted by atomic mass is 16.5. The topological polar surface area (TPSA) is 56.5 Å². The summed E-state index contributed by atoms with van der Waals surface area (Å²) in [5.74, 6) is -0.468. The zero-order valence-electron chi connectivity index (χ0n) is 9.01. The lowest BCUT2D eigenvalue weighted by molar-refractivity contribution is -0.138. The van der Waals surface area contributed by atoms with Crippen molar-refractivity contribution in [2.45, 2.75) is 6.61 Å². The summed E-state index contributed by atoms with van der Waals surface area (Å²) in [5, 5.41) is 0.789. The van der Waals surface area contributed by atoms with Crippen LogP contribution in [0.15, 0.2) is 52.2 Å². The molecule has 0 bridgehead atoms. The van der Waals surface area contributed by atoms with Gasteiger partial charge in [-0.25, -0.2) is 9.59 Å². The van der Waals surface area contributed by atoms with Gasteiger partial charge in [-0.15, -0.1) is 0 Å². The third kappa shape index (κ3) is 2.60. The molecule has 0 aliphatic rings.